The van der Waals surface area contributed by atoms with Crippen LogP contribution < -0.4 is 16.4 Å². The van der Waals surface area contributed by atoms with Gasteiger partial charge in [-0.25, -0.2) is 0 Å². The third-order valence-electron chi connectivity index (χ3n) is 6.17. The lowest BCUT2D eigenvalue weighted by molar-refractivity contribution is -0.141. The summed E-state index contributed by atoms with van der Waals surface area (Å²) in [5.74, 6) is -1.82. The highest BCUT2D eigenvalue weighted by molar-refractivity contribution is 5.91. The Labute approximate surface area is 169 Å². The molecule has 2 aliphatic heterocycles. The van der Waals surface area contributed by atoms with Crippen LogP contribution in [0.15, 0.2) is 0 Å². The van der Waals surface area contributed by atoms with Crippen molar-refractivity contribution in [2.75, 3.05) is 13.0 Å². The van der Waals surface area contributed by atoms with Gasteiger partial charge in [-0.1, -0.05) is 20.8 Å². The van der Waals surface area contributed by atoms with Gasteiger partial charge >= 0.3 is 0 Å². The van der Waals surface area contributed by atoms with Crippen molar-refractivity contribution in [3.63, 3.8) is 0 Å². The molecule has 8 nitrogen and oxygen atoms in total. The van der Waals surface area contributed by atoms with Crippen LogP contribution in [0.2, 0.25) is 0 Å². The Bertz CT molecular complexity index is 784. The standard InChI is InChI=1S/C20H31N5O3/c1-19(2,3)15(22)18(28)25-11-20(5-6-20)9-14(25)17(27)24-13(10-21)8-12-4-7-23-16(12)26/h12-15H,4-9,11,22H2,1-3H3,(H,23,26)(H,24,27)/t12?,13-,14-,15+/m0/s1/i7D2. The van der Waals surface area contributed by atoms with Gasteiger partial charge in [-0.05, 0) is 42.9 Å². The normalized spacial score (nSPS) is 30.7. The summed E-state index contributed by atoms with van der Waals surface area (Å²) >= 11 is 0. The van der Waals surface area contributed by atoms with Crippen molar-refractivity contribution in [3.05, 3.63) is 0 Å². The van der Waals surface area contributed by atoms with Crippen LogP contribution in [-0.4, -0.2) is 53.8 Å². The summed E-state index contributed by atoms with van der Waals surface area (Å²) in [6, 6.07) is -0.368. The van der Waals surface area contributed by atoms with Crippen LogP contribution in [0, 0.1) is 28.1 Å². The first-order chi connectivity index (χ1) is 13.8. The number of carbonyl (C=O) groups is 3. The zero-order valence-electron chi connectivity index (χ0n) is 18.7. The number of carbonyl (C=O) groups excluding carboxylic acids is 3. The van der Waals surface area contributed by atoms with Crippen molar-refractivity contribution < 1.29 is 17.1 Å². The highest BCUT2D eigenvalue weighted by atomic mass is 16.2. The van der Waals surface area contributed by atoms with Crippen molar-refractivity contribution in [2.24, 2.45) is 22.5 Å². The lowest BCUT2D eigenvalue weighted by Crippen LogP contribution is -2.55. The Morgan fingerprint density at radius 2 is 2.18 bits per heavy atom. The largest absolute Gasteiger partial charge is 0.356 e. The third-order valence-corrected chi connectivity index (χ3v) is 6.17. The number of nitrogens with zero attached hydrogens (tertiary/aromatic N) is 2. The first kappa shape index (κ1) is 17.9. The molecule has 3 amide bonds. The predicted molar refractivity (Wildman–Crippen MR) is 102 cm³/mol. The minimum atomic E-state index is -1.80. The summed E-state index contributed by atoms with van der Waals surface area (Å²) in [6.07, 6.45) is 2.46. The number of rotatable bonds is 5. The van der Waals surface area contributed by atoms with Crippen LogP contribution in [0.5, 0.6) is 0 Å². The van der Waals surface area contributed by atoms with Crippen LogP contribution in [-0.2, 0) is 14.4 Å². The van der Waals surface area contributed by atoms with E-state index in [0.29, 0.717) is 13.0 Å². The second-order valence-electron chi connectivity index (χ2n) is 9.52. The van der Waals surface area contributed by atoms with Crippen molar-refractivity contribution in [3.8, 4) is 6.07 Å². The lowest BCUT2D eigenvalue weighted by atomic mass is 9.86. The Morgan fingerprint density at radius 1 is 1.50 bits per heavy atom. The molecule has 0 aromatic carbocycles. The highest BCUT2D eigenvalue weighted by Crippen LogP contribution is 2.55. The fraction of sp³-hybridized carbons (Fsp3) is 0.800. The molecule has 2 saturated heterocycles. The summed E-state index contributed by atoms with van der Waals surface area (Å²) in [6.45, 7) is 4.33. The average Bonchev–Trinajstić information content (AvgIpc) is 3.18. The maximum absolute atomic E-state index is 13.0. The van der Waals surface area contributed by atoms with E-state index in [2.05, 4.69) is 10.6 Å². The molecule has 2 heterocycles. The van der Waals surface area contributed by atoms with Crippen molar-refractivity contribution in [1.29, 1.82) is 5.26 Å². The monoisotopic (exact) mass is 391 g/mol. The number of hydrogen-bond acceptors (Lipinski definition) is 5. The summed E-state index contributed by atoms with van der Waals surface area (Å²) in [4.78, 5) is 39.6. The van der Waals surface area contributed by atoms with E-state index in [0.717, 1.165) is 12.8 Å². The number of nitrogens with two attached hydrogens (primary N) is 1. The van der Waals surface area contributed by atoms with Crippen molar-refractivity contribution in [2.45, 2.75) is 71.0 Å². The second kappa shape index (κ2) is 7.36. The van der Waals surface area contributed by atoms with Gasteiger partial charge in [-0.3, -0.25) is 14.4 Å². The van der Waals surface area contributed by atoms with Crippen molar-refractivity contribution >= 4 is 17.7 Å². The van der Waals surface area contributed by atoms with Crippen LogP contribution in [0.3, 0.4) is 0 Å². The van der Waals surface area contributed by atoms with E-state index < -0.39 is 47.8 Å². The Kier molecular flexibility index (Phi) is 4.71. The minimum Gasteiger partial charge on any atom is -0.356 e. The molecule has 8 heteroatoms. The van der Waals surface area contributed by atoms with E-state index in [-0.39, 0.29) is 24.2 Å². The lowest BCUT2D eigenvalue weighted by Gasteiger charge is -2.33. The molecule has 1 spiro atoms. The molecule has 28 heavy (non-hydrogen) atoms. The Balaban J connectivity index is 1.68. The zero-order valence-corrected chi connectivity index (χ0v) is 16.7. The van der Waals surface area contributed by atoms with Gasteiger partial charge in [0.1, 0.15) is 12.1 Å². The number of nitrogens with one attached hydrogen (secondary N) is 2. The number of hydrogen-bond donors (Lipinski definition) is 3. The average molecular weight is 392 g/mol. The number of likely N-dealkylation sites (tertiary alicyclic amines) is 1. The number of nitriles is 1. The first-order valence-corrected chi connectivity index (χ1v) is 9.85. The molecule has 3 rings (SSSR count). The summed E-state index contributed by atoms with van der Waals surface area (Å²) in [5.41, 5.74) is 5.70. The molecule has 4 atom stereocenters. The van der Waals surface area contributed by atoms with Gasteiger partial charge in [-0.2, -0.15) is 5.26 Å². The van der Waals surface area contributed by atoms with Gasteiger partial charge in [0.2, 0.25) is 17.7 Å². The molecule has 3 aliphatic rings. The molecule has 0 aromatic rings. The van der Waals surface area contributed by atoms with E-state index in [9.17, 15) is 19.6 Å². The van der Waals surface area contributed by atoms with E-state index in [1.165, 1.54) is 0 Å². The van der Waals surface area contributed by atoms with Crippen LogP contribution >= 0.6 is 0 Å². The minimum absolute atomic E-state index is 0.0287. The predicted octanol–water partition coefficient (Wildman–Crippen LogP) is 0.275. The molecular weight excluding hydrogens is 358 g/mol. The van der Waals surface area contributed by atoms with Gasteiger partial charge in [0.05, 0.1) is 12.1 Å². The van der Waals surface area contributed by atoms with E-state index in [1.807, 2.05) is 26.8 Å². The van der Waals surface area contributed by atoms with Gasteiger partial charge in [0.25, 0.3) is 0 Å². The molecule has 0 aromatic heterocycles. The zero-order chi connectivity index (χ0) is 22.5. The number of amides is 3. The molecule has 0 bridgehead atoms. The quantitative estimate of drug-likeness (QED) is 0.620. The third kappa shape index (κ3) is 4.14. The molecule has 0 radical (unpaired) electrons. The van der Waals surface area contributed by atoms with E-state index >= 15 is 0 Å². The van der Waals surface area contributed by atoms with E-state index in [4.69, 9.17) is 8.48 Å². The first-order valence-electron chi connectivity index (χ1n) is 10.9. The summed E-state index contributed by atoms with van der Waals surface area (Å²) in [5, 5.41) is 14.4. The molecule has 1 aliphatic carbocycles. The van der Waals surface area contributed by atoms with Crippen LogP contribution in [0.25, 0.3) is 0 Å². The second-order valence-corrected chi connectivity index (χ2v) is 9.52. The van der Waals surface area contributed by atoms with Gasteiger partial charge < -0.3 is 21.3 Å². The van der Waals surface area contributed by atoms with Crippen LogP contribution in [0.1, 0.15) is 55.6 Å². The van der Waals surface area contributed by atoms with Gasteiger partial charge in [0, 0.05) is 21.7 Å². The Hall–Kier alpha value is -2.14. The SMILES string of the molecule is [2H]C1([2H])CC(C[C@@H](C#N)NC(=O)[C@@H]2CC3(CC3)CN2C(=O)[C@@H](N)C(C)(C)C)C(=O)N1. The fourth-order valence-corrected chi connectivity index (χ4v) is 3.95. The van der Waals surface area contributed by atoms with Crippen LogP contribution in [0.4, 0.5) is 0 Å². The van der Waals surface area contributed by atoms with E-state index in [1.54, 1.807) is 4.90 Å². The molecule has 4 N–H and O–H groups in total. The van der Waals surface area contributed by atoms with Crippen molar-refractivity contribution in [1.82, 2.24) is 15.5 Å². The topological polar surface area (TPSA) is 128 Å². The fourth-order valence-electron chi connectivity index (χ4n) is 3.95. The maximum atomic E-state index is 13.0. The summed E-state index contributed by atoms with van der Waals surface area (Å²) in [7, 11) is 0. The highest BCUT2D eigenvalue weighted by Gasteiger charge is 2.56. The smallest absolute Gasteiger partial charge is 0.243 e. The Morgan fingerprint density at radius 3 is 2.68 bits per heavy atom. The maximum Gasteiger partial charge on any atom is 0.243 e. The van der Waals surface area contributed by atoms with Gasteiger partial charge in [0.15, 0.2) is 0 Å². The molecule has 154 valence electrons. The van der Waals surface area contributed by atoms with Gasteiger partial charge in [-0.15, -0.1) is 0 Å². The molecule has 3 fully saturated rings. The summed E-state index contributed by atoms with van der Waals surface area (Å²) < 4.78 is 15.3. The molecule has 1 saturated carbocycles. The molecular formula is C20H31N5O3. The molecule has 1 unspecified atom stereocenters.